The van der Waals surface area contributed by atoms with Crippen molar-refractivity contribution >= 4 is 18.3 Å². The quantitative estimate of drug-likeness (QED) is 0.672. The molecule has 1 aromatic carbocycles. The van der Waals surface area contributed by atoms with Crippen LogP contribution in [0.2, 0.25) is 0 Å². The Hall–Kier alpha value is -1.04. The summed E-state index contributed by atoms with van der Waals surface area (Å²) in [6.07, 6.45) is 0. The molecule has 2 N–H and O–H groups in total. The zero-order valence-electron chi connectivity index (χ0n) is 10.4. The zero-order chi connectivity index (χ0) is 12.4. The van der Waals surface area contributed by atoms with Crippen LogP contribution in [0.1, 0.15) is 5.56 Å². The topological polar surface area (TPSA) is 46.9 Å². The molecule has 92 valence electrons. The Morgan fingerprint density at radius 1 is 1.06 bits per heavy atom. The van der Waals surface area contributed by atoms with Crippen molar-refractivity contribution in [2.75, 3.05) is 38.1 Å². The molecule has 17 heavy (non-hydrogen) atoms. The highest BCUT2D eigenvalue weighted by Gasteiger charge is 2.17. The van der Waals surface area contributed by atoms with Gasteiger partial charge < -0.3 is 19.8 Å². The second-order valence-corrected chi connectivity index (χ2v) is 4.77. The van der Waals surface area contributed by atoms with E-state index in [4.69, 9.17) is 0 Å². The van der Waals surface area contributed by atoms with Crippen LogP contribution in [0.25, 0.3) is 0 Å². The average molecular weight is 234 g/mol. The molecule has 0 saturated carbocycles. The van der Waals surface area contributed by atoms with Gasteiger partial charge in [-0.15, -0.1) is 0 Å². The number of likely N-dealkylation sites (N-methyl/N-ethyl adjacent to an activating group) is 1. The first-order valence-electron chi connectivity index (χ1n) is 5.97. The molecule has 1 fully saturated rings. The van der Waals surface area contributed by atoms with E-state index in [9.17, 15) is 10.0 Å². The summed E-state index contributed by atoms with van der Waals surface area (Å²) in [5.41, 5.74) is 2.71. The Kier molecular flexibility index (Phi) is 3.71. The molecule has 1 aliphatic heterocycles. The van der Waals surface area contributed by atoms with Crippen molar-refractivity contribution in [2.24, 2.45) is 0 Å². The Morgan fingerprint density at radius 3 is 2.29 bits per heavy atom. The molecular weight excluding hydrogens is 215 g/mol. The van der Waals surface area contributed by atoms with E-state index in [-0.39, 0.29) is 0 Å². The number of hydrogen-bond acceptors (Lipinski definition) is 4. The number of benzene rings is 1. The van der Waals surface area contributed by atoms with Crippen molar-refractivity contribution in [3.05, 3.63) is 23.8 Å². The summed E-state index contributed by atoms with van der Waals surface area (Å²) in [5.74, 6) is 0. The van der Waals surface area contributed by atoms with E-state index < -0.39 is 7.12 Å². The van der Waals surface area contributed by atoms with Gasteiger partial charge in [-0.25, -0.2) is 0 Å². The standard InChI is InChI=1S/C12H19BN2O2/c1-10-7-11(13(16)17)9-12(8-10)15-5-3-14(2)4-6-15/h7-9,16-17H,3-6H2,1-2H3. The first kappa shape index (κ1) is 12.4. The van der Waals surface area contributed by atoms with E-state index in [1.807, 2.05) is 19.1 Å². The molecule has 0 bridgehead atoms. The molecule has 1 saturated heterocycles. The third kappa shape index (κ3) is 3.00. The molecule has 0 radical (unpaired) electrons. The minimum Gasteiger partial charge on any atom is -0.423 e. The molecule has 0 aromatic heterocycles. The second-order valence-electron chi connectivity index (χ2n) is 4.77. The van der Waals surface area contributed by atoms with Gasteiger partial charge >= 0.3 is 7.12 Å². The molecule has 0 aliphatic carbocycles. The molecule has 0 atom stereocenters. The van der Waals surface area contributed by atoms with Gasteiger partial charge in [-0.3, -0.25) is 0 Å². The lowest BCUT2D eigenvalue weighted by atomic mass is 9.79. The first-order valence-corrected chi connectivity index (χ1v) is 5.97. The Morgan fingerprint density at radius 2 is 1.71 bits per heavy atom. The van der Waals surface area contributed by atoms with Gasteiger partial charge in [-0.05, 0) is 37.1 Å². The Bertz CT molecular complexity index is 390. The SMILES string of the molecule is Cc1cc(B(O)O)cc(N2CCN(C)CC2)c1. The average Bonchev–Trinajstić information content (AvgIpc) is 2.29. The lowest BCUT2D eigenvalue weighted by Gasteiger charge is -2.34. The molecule has 0 amide bonds. The van der Waals surface area contributed by atoms with E-state index in [0.717, 1.165) is 37.4 Å². The van der Waals surface area contributed by atoms with Gasteiger partial charge in [0, 0.05) is 31.9 Å². The zero-order valence-corrected chi connectivity index (χ0v) is 10.4. The summed E-state index contributed by atoms with van der Waals surface area (Å²) >= 11 is 0. The smallest absolute Gasteiger partial charge is 0.423 e. The van der Waals surface area contributed by atoms with Crippen molar-refractivity contribution in [1.29, 1.82) is 0 Å². The van der Waals surface area contributed by atoms with Crippen LogP contribution in [0, 0.1) is 6.92 Å². The van der Waals surface area contributed by atoms with E-state index in [0.29, 0.717) is 5.46 Å². The Balaban J connectivity index is 2.20. The molecule has 0 unspecified atom stereocenters. The van der Waals surface area contributed by atoms with Crippen LogP contribution >= 0.6 is 0 Å². The van der Waals surface area contributed by atoms with E-state index in [2.05, 4.69) is 22.9 Å². The summed E-state index contributed by atoms with van der Waals surface area (Å²) in [6.45, 7) is 6.04. The van der Waals surface area contributed by atoms with Crippen LogP contribution in [-0.2, 0) is 0 Å². The highest BCUT2D eigenvalue weighted by atomic mass is 16.4. The number of anilines is 1. The van der Waals surface area contributed by atoms with Crippen LogP contribution in [0.15, 0.2) is 18.2 Å². The van der Waals surface area contributed by atoms with Crippen molar-refractivity contribution < 1.29 is 10.0 Å². The summed E-state index contributed by atoms with van der Waals surface area (Å²) in [4.78, 5) is 4.59. The predicted molar refractivity (Wildman–Crippen MR) is 70.7 cm³/mol. The molecular formula is C12H19BN2O2. The summed E-state index contributed by atoms with van der Waals surface area (Å²) in [6, 6.07) is 5.77. The Labute approximate surface area is 103 Å². The van der Waals surface area contributed by atoms with E-state index in [1.54, 1.807) is 0 Å². The highest BCUT2D eigenvalue weighted by molar-refractivity contribution is 6.58. The van der Waals surface area contributed by atoms with E-state index >= 15 is 0 Å². The summed E-state index contributed by atoms with van der Waals surface area (Å²) in [5, 5.41) is 18.5. The maximum absolute atomic E-state index is 9.24. The van der Waals surface area contributed by atoms with Gasteiger partial charge in [0.05, 0.1) is 0 Å². The number of piperazine rings is 1. The number of rotatable bonds is 2. The molecule has 0 spiro atoms. The second kappa shape index (κ2) is 5.08. The minimum absolute atomic E-state index is 0.568. The minimum atomic E-state index is -1.39. The molecule has 5 heteroatoms. The van der Waals surface area contributed by atoms with Crippen molar-refractivity contribution in [3.63, 3.8) is 0 Å². The van der Waals surface area contributed by atoms with Gasteiger partial charge in [-0.2, -0.15) is 0 Å². The first-order chi connectivity index (χ1) is 8.06. The van der Waals surface area contributed by atoms with Gasteiger partial charge in [0.15, 0.2) is 0 Å². The molecule has 2 rings (SSSR count). The fraction of sp³-hybridized carbons (Fsp3) is 0.500. The van der Waals surface area contributed by atoms with Crippen molar-refractivity contribution in [2.45, 2.75) is 6.92 Å². The summed E-state index contributed by atoms with van der Waals surface area (Å²) < 4.78 is 0. The summed E-state index contributed by atoms with van der Waals surface area (Å²) in [7, 11) is 0.734. The van der Waals surface area contributed by atoms with Crippen LogP contribution in [0.4, 0.5) is 5.69 Å². The monoisotopic (exact) mass is 234 g/mol. The van der Waals surface area contributed by atoms with Gasteiger partial charge in [-0.1, -0.05) is 6.07 Å². The lowest BCUT2D eigenvalue weighted by Crippen LogP contribution is -2.45. The third-order valence-corrected chi connectivity index (χ3v) is 3.25. The number of nitrogens with zero attached hydrogens (tertiary/aromatic N) is 2. The van der Waals surface area contributed by atoms with Crippen LogP contribution in [-0.4, -0.2) is 55.3 Å². The van der Waals surface area contributed by atoms with Crippen LogP contribution in [0.3, 0.4) is 0 Å². The van der Waals surface area contributed by atoms with Gasteiger partial charge in [0.2, 0.25) is 0 Å². The van der Waals surface area contributed by atoms with Crippen molar-refractivity contribution in [1.82, 2.24) is 4.90 Å². The molecule has 1 aliphatic rings. The number of hydrogen-bond donors (Lipinski definition) is 2. The molecule has 4 nitrogen and oxygen atoms in total. The number of aryl methyl sites for hydroxylation is 1. The third-order valence-electron chi connectivity index (χ3n) is 3.25. The lowest BCUT2D eigenvalue weighted by molar-refractivity contribution is 0.313. The normalized spacial score (nSPS) is 17.3. The van der Waals surface area contributed by atoms with Gasteiger partial charge in [0.1, 0.15) is 0 Å². The van der Waals surface area contributed by atoms with Crippen LogP contribution < -0.4 is 10.4 Å². The van der Waals surface area contributed by atoms with Crippen LogP contribution in [0.5, 0.6) is 0 Å². The fourth-order valence-electron chi connectivity index (χ4n) is 2.19. The van der Waals surface area contributed by atoms with Crippen molar-refractivity contribution in [3.8, 4) is 0 Å². The maximum atomic E-state index is 9.24. The van der Waals surface area contributed by atoms with Gasteiger partial charge in [0.25, 0.3) is 0 Å². The largest absolute Gasteiger partial charge is 0.488 e. The predicted octanol–water partition coefficient (Wildman–Crippen LogP) is -0.573. The fourth-order valence-corrected chi connectivity index (χ4v) is 2.19. The highest BCUT2D eigenvalue weighted by Crippen LogP contribution is 2.16. The van der Waals surface area contributed by atoms with E-state index in [1.165, 1.54) is 0 Å². The molecule has 1 aromatic rings. The maximum Gasteiger partial charge on any atom is 0.488 e. The molecule has 1 heterocycles.